The highest BCUT2D eigenvalue weighted by Gasteiger charge is 2.19. The van der Waals surface area contributed by atoms with Gasteiger partial charge in [0.1, 0.15) is 17.5 Å². The molecule has 0 aliphatic carbocycles. The van der Waals surface area contributed by atoms with Crippen molar-refractivity contribution in [2.75, 3.05) is 6.54 Å². The van der Waals surface area contributed by atoms with Crippen LogP contribution in [0.3, 0.4) is 0 Å². The molecule has 27 heavy (non-hydrogen) atoms. The minimum atomic E-state index is -0.832. The minimum absolute atomic E-state index is 0.188. The van der Waals surface area contributed by atoms with Crippen LogP contribution in [0.15, 0.2) is 36.4 Å². The number of hydrogen-bond acceptors (Lipinski definition) is 4. The van der Waals surface area contributed by atoms with E-state index >= 15 is 0 Å². The van der Waals surface area contributed by atoms with Gasteiger partial charge in [-0.25, -0.2) is 0 Å². The number of ether oxygens (including phenoxy) is 1. The summed E-state index contributed by atoms with van der Waals surface area (Å²) in [5.41, 5.74) is 0.956. The number of halogens is 2. The zero-order valence-corrected chi connectivity index (χ0v) is 19.4. The van der Waals surface area contributed by atoms with Gasteiger partial charge in [-0.15, -0.1) is 0 Å². The van der Waals surface area contributed by atoms with Crippen molar-refractivity contribution in [1.82, 2.24) is 5.32 Å². The molecule has 1 atom stereocenters. The van der Waals surface area contributed by atoms with E-state index in [4.69, 9.17) is 4.74 Å². The molecule has 146 valence electrons. The predicted molar refractivity (Wildman–Crippen MR) is 123 cm³/mol. The molecule has 0 fully saturated rings. The lowest BCUT2D eigenvalue weighted by Crippen LogP contribution is -2.39. The van der Waals surface area contributed by atoms with Gasteiger partial charge in [-0.05, 0) is 107 Å². The first-order valence-electron chi connectivity index (χ1n) is 8.81. The summed E-state index contributed by atoms with van der Waals surface area (Å²) in [5, 5.41) is 22.0. The summed E-state index contributed by atoms with van der Waals surface area (Å²) in [6.45, 7) is 2.83. The molecule has 0 spiro atoms. The molecule has 0 radical (unpaired) electrons. The number of phenolic OH excluding ortho intramolecular Hbond substituents is 1. The minimum Gasteiger partial charge on any atom is -0.508 e. The van der Waals surface area contributed by atoms with Crippen molar-refractivity contribution in [3.8, 4) is 17.2 Å². The molecule has 7 heteroatoms. The molecule has 2 rings (SSSR count). The number of rotatable bonds is 10. The summed E-state index contributed by atoms with van der Waals surface area (Å²) in [6, 6.07) is 9.88. The van der Waals surface area contributed by atoms with Gasteiger partial charge in [-0.3, -0.25) is 4.79 Å². The Morgan fingerprint density at radius 1 is 1.15 bits per heavy atom. The summed E-state index contributed by atoms with van der Waals surface area (Å²) >= 11 is 4.40. The number of carbonyl (C=O) groups is 1. The Hall–Kier alpha value is -1.07. The molecule has 2 aromatic rings. The van der Waals surface area contributed by atoms with Crippen LogP contribution in [0.2, 0.25) is 0 Å². The SMILES string of the molecule is CCCCCNC(Cc1cc(I)c(Oc2ccc(O)cc2)c(I)c1)C(=O)O. The van der Waals surface area contributed by atoms with Crippen molar-refractivity contribution in [3.05, 3.63) is 49.1 Å². The summed E-state index contributed by atoms with van der Waals surface area (Å²) in [5.74, 6) is 0.722. The quantitative estimate of drug-likeness (QED) is 0.261. The van der Waals surface area contributed by atoms with E-state index in [1.165, 1.54) is 0 Å². The number of hydrogen-bond donors (Lipinski definition) is 3. The monoisotopic (exact) mass is 595 g/mol. The fraction of sp³-hybridized carbons (Fsp3) is 0.350. The number of aromatic hydroxyl groups is 1. The third-order valence-corrected chi connectivity index (χ3v) is 5.63. The van der Waals surface area contributed by atoms with Gasteiger partial charge in [0.2, 0.25) is 0 Å². The number of phenols is 1. The van der Waals surface area contributed by atoms with E-state index < -0.39 is 12.0 Å². The van der Waals surface area contributed by atoms with Crippen molar-refractivity contribution >= 4 is 51.2 Å². The molecule has 0 saturated heterocycles. The summed E-state index contributed by atoms with van der Waals surface area (Å²) < 4.78 is 7.77. The van der Waals surface area contributed by atoms with Gasteiger partial charge in [-0.2, -0.15) is 0 Å². The van der Waals surface area contributed by atoms with Gasteiger partial charge in [0, 0.05) is 0 Å². The Morgan fingerprint density at radius 2 is 1.78 bits per heavy atom. The Kier molecular flexibility index (Phi) is 9.10. The predicted octanol–water partition coefficient (Wildman–Crippen LogP) is 5.17. The maximum absolute atomic E-state index is 11.6. The van der Waals surface area contributed by atoms with Crippen molar-refractivity contribution in [1.29, 1.82) is 0 Å². The smallest absolute Gasteiger partial charge is 0.321 e. The summed E-state index contributed by atoms with van der Waals surface area (Å²) in [7, 11) is 0. The largest absolute Gasteiger partial charge is 0.508 e. The van der Waals surface area contributed by atoms with Gasteiger partial charge in [0.05, 0.1) is 7.14 Å². The van der Waals surface area contributed by atoms with E-state index in [-0.39, 0.29) is 5.75 Å². The van der Waals surface area contributed by atoms with Gasteiger partial charge < -0.3 is 20.3 Å². The number of aliphatic carboxylic acids is 1. The number of unbranched alkanes of at least 4 members (excludes halogenated alkanes) is 2. The second-order valence-electron chi connectivity index (χ2n) is 6.24. The molecule has 0 heterocycles. The topological polar surface area (TPSA) is 78.8 Å². The first kappa shape index (κ1) is 22.2. The highest BCUT2D eigenvalue weighted by Crippen LogP contribution is 2.33. The Morgan fingerprint density at radius 3 is 2.33 bits per heavy atom. The normalized spacial score (nSPS) is 12.0. The third kappa shape index (κ3) is 7.11. The van der Waals surface area contributed by atoms with Gasteiger partial charge >= 0.3 is 5.97 Å². The summed E-state index contributed by atoms with van der Waals surface area (Å²) in [6.07, 6.45) is 3.61. The van der Waals surface area contributed by atoms with Crippen molar-refractivity contribution in [2.45, 2.75) is 38.6 Å². The van der Waals surface area contributed by atoms with E-state index in [1.54, 1.807) is 24.3 Å². The fourth-order valence-electron chi connectivity index (χ4n) is 2.59. The van der Waals surface area contributed by atoms with Crippen molar-refractivity contribution in [2.24, 2.45) is 0 Å². The van der Waals surface area contributed by atoms with E-state index in [2.05, 4.69) is 57.4 Å². The van der Waals surface area contributed by atoms with E-state index in [9.17, 15) is 15.0 Å². The Bertz CT molecular complexity index is 742. The van der Waals surface area contributed by atoms with Crippen LogP contribution in [-0.4, -0.2) is 28.8 Å². The average molecular weight is 595 g/mol. The zero-order valence-electron chi connectivity index (χ0n) is 15.0. The molecule has 1 unspecified atom stereocenters. The maximum atomic E-state index is 11.6. The van der Waals surface area contributed by atoms with E-state index in [0.29, 0.717) is 18.7 Å². The fourth-order valence-corrected chi connectivity index (χ4v) is 4.71. The van der Waals surface area contributed by atoms with Crippen LogP contribution in [0.4, 0.5) is 0 Å². The van der Waals surface area contributed by atoms with E-state index in [0.717, 1.165) is 37.7 Å². The second-order valence-corrected chi connectivity index (χ2v) is 8.57. The third-order valence-electron chi connectivity index (χ3n) is 4.02. The molecule has 0 saturated carbocycles. The number of carboxylic acids is 1. The maximum Gasteiger partial charge on any atom is 0.321 e. The van der Waals surface area contributed by atoms with E-state index in [1.807, 2.05) is 12.1 Å². The molecule has 0 aromatic heterocycles. The first-order valence-corrected chi connectivity index (χ1v) is 11.0. The lowest BCUT2D eigenvalue weighted by molar-refractivity contribution is -0.139. The standard InChI is InChI=1S/C20H23I2NO4/c1-2-3-4-9-23-18(20(25)26)12-13-10-16(21)19(17(22)11-13)27-15-7-5-14(24)6-8-15/h5-8,10-11,18,23-24H,2-4,9,12H2,1H3,(H,25,26). The Balaban J connectivity index is 2.09. The summed E-state index contributed by atoms with van der Waals surface area (Å²) in [4.78, 5) is 11.6. The number of benzene rings is 2. The highest BCUT2D eigenvalue weighted by atomic mass is 127. The van der Waals surface area contributed by atoms with Crippen LogP contribution in [0.25, 0.3) is 0 Å². The van der Waals surface area contributed by atoms with Crippen LogP contribution < -0.4 is 10.1 Å². The lowest BCUT2D eigenvalue weighted by atomic mass is 10.1. The van der Waals surface area contributed by atoms with Crippen molar-refractivity contribution < 1.29 is 19.7 Å². The molecular weight excluding hydrogens is 572 g/mol. The number of nitrogens with one attached hydrogen (secondary N) is 1. The highest BCUT2D eigenvalue weighted by molar-refractivity contribution is 14.1. The van der Waals surface area contributed by atoms with Gasteiger partial charge in [-0.1, -0.05) is 19.8 Å². The molecule has 5 nitrogen and oxygen atoms in total. The zero-order chi connectivity index (χ0) is 19.8. The van der Waals surface area contributed by atoms with Crippen LogP contribution >= 0.6 is 45.2 Å². The van der Waals surface area contributed by atoms with Gasteiger partial charge in [0.15, 0.2) is 5.75 Å². The first-order chi connectivity index (χ1) is 12.9. The van der Waals surface area contributed by atoms with Crippen LogP contribution in [-0.2, 0) is 11.2 Å². The average Bonchev–Trinajstić information content (AvgIpc) is 2.62. The van der Waals surface area contributed by atoms with Crippen LogP contribution in [0.1, 0.15) is 31.7 Å². The molecule has 0 amide bonds. The molecule has 3 N–H and O–H groups in total. The molecule has 2 aromatic carbocycles. The molecular formula is C20H23I2NO4. The Labute approximate surface area is 186 Å². The second kappa shape index (κ2) is 11.1. The van der Waals surface area contributed by atoms with Crippen LogP contribution in [0, 0.1) is 7.14 Å². The number of carboxylic acid groups (broad SMARTS) is 1. The molecule has 0 aliphatic rings. The molecule has 0 bridgehead atoms. The molecule has 0 aliphatic heterocycles. The van der Waals surface area contributed by atoms with Gasteiger partial charge in [0.25, 0.3) is 0 Å². The van der Waals surface area contributed by atoms with Crippen LogP contribution in [0.5, 0.6) is 17.2 Å². The lowest BCUT2D eigenvalue weighted by Gasteiger charge is -2.16. The van der Waals surface area contributed by atoms with Crippen molar-refractivity contribution in [3.63, 3.8) is 0 Å².